The lowest BCUT2D eigenvalue weighted by Crippen LogP contribution is -2.27. The second-order valence-electron chi connectivity index (χ2n) is 7.76. The van der Waals surface area contributed by atoms with Gasteiger partial charge in [-0.15, -0.1) is 16.4 Å². The minimum absolute atomic E-state index is 0.0204. The van der Waals surface area contributed by atoms with Gasteiger partial charge in [-0.1, -0.05) is 17.3 Å². The minimum Gasteiger partial charge on any atom is -0.308 e. The quantitative estimate of drug-likeness (QED) is 0.497. The Balaban J connectivity index is 1.41. The topological polar surface area (TPSA) is 134 Å². The fourth-order valence-electron chi connectivity index (χ4n) is 4.13. The second-order valence-corrected chi connectivity index (χ2v) is 8.84. The van der Waals surface area contributed by atoms with Crippen molar-refractivity contribution in [2.75, 3.05) is 0 Å². The molecule has 3 heterocycles. The summed E-state index contributed by atoms with van der Waals surface area (Å²) in [7, 11) is 0. The van der Waals surface area contributed by atoms with E-state index in [0.29, 0.717) is 21.1 Å². The molecule has 0 aliphatic heterocycles. The normalized spacial score (nSPS) is 14.2. The van der Waals surface area contributed by atoms with E-state index in [9.17, 15) is 19.6 Å². The Bertz CT molecular complexity index is 1530. The van der Waals surface area contributed by atoms with Gasteiger partial charge in [-0.2, -0.15) is 5.26 Å². The summed E-state index contributed by atoms with van der Waals surface area (Å²) < 4.78 is 1.11. The fraction of sp³-hybridized carbons (Fsp3) is 0.318. The summed E-state index contributed by atoms with van der Waals surface area (Å²) in [5.41, 5.74) is 0.859. The highest BCUT2D eigenvalue weighted by molar-refractivity contribution is 7.18. The highest BCUT2D eigenvalue weighted by atomic mass is 32.1. The Labute approximate surface area is 185 Å². The summed E-state index contributed by atoms with van der Waals surface area (Å²) in [6.07, 6.45) is 3.78. The number of Topliss-reactive ketones (excluding diaryl/α,β-unsaturated/α-hetero) is 1. The van der Waals surface area contributed by atoms with E-state index in [-0.39, 0.29) is 29.9 Å². The van der Waals surface area contributed by atoms with Gasteiger partial charge in [0.2, 0.25) is 0 Å². The van der Waals surface area contributed by atoms with E-state index in [0.717, 1.165) is 40.8 Å². The Morgan fingerprint density at radius 3 is 2.91 bits per heavy atom. The first-order valence-corrected chi connectivity index (χ1v) is 11.2. The molecule has 1 atom stereocenters. The van der Waals surface area contributed by atoms with Crippen LogP contribution in [0, 0.1) is 11.3 Å². The molecule has 0 saturated carbocycles. The molecule has 5 rings (SSSR count). The van der Waals surface area contributed by atoms with Crippen LogP contribution in [-0.2, 0) is 24.2 Å². The lowest BCUT2D eigenvalue weighted by atomic mass is 9.97. The molecule has 3 aromatic heterocycles. The van der Waals surface area contributed by atoms with Gasteiger partial charge >= 0.3 is 0 Å². The number of nitriles is 1. The number of carbonyl (C=O) groups excluding carboxylic acids is 1. The molecule has 1 N–H and O–H groups in total. The van der Waals surface area contributed by atoms with Crippen LogP contribution >= 0.6 is 11.3 Å². The van der Waals surface area contributed by atoms with Crippen molar-refractivity contribution in [2.24, 2.45) is 0 Å². The number of H-pyrrole nitrogens is 1. The summed E-state index contributed by atoms with van der Waals surface area (Å²) in [6, 6.07) is 8.77. The molecule has 0 fully saturated rings. The van der Waals surface area contributed by atoms with Gasteiger partial charge in [0.15, 0.2) is 11.7 Å². The first-order chi connectivity index (χ1) is 15.6. The molecule has 1 aliphatic rings. The number of nitrogens with zero attached hydrogens (tertiary/aromatic N) is 5. The molecule has 1 aromatic carbocycles. The van der Waals surface area contributed by atoms with Crippen LogP contribution in [0.2, 0.25) is 0 Å². The number of nitrogens with one attached hydrogen (secondary N) is 1. The van der Waals surface area contributed by atoms with Crippen molar-refractivity contribution >= 4 is 38.2 Å². The van der Waals surface area contributed by atoms with E-state index in [2.05, 4.69) is 20.3 Å². The first kappa shape index (κ1) is 20.2. The molecular formula is C22H18N6O3S. The lowest BCUT2D eigenvalue weighted by Gasteiger charge is -2.10. The third-order valence-corrected chi connectivity index (χ3v) is 6.95. The number of aryl methyl sites for hydroxylation is 3. The van der Waals surface area contributed by atoms with Gasteiger partial charge in [0.05, 0.1) is 23.4 Å². The summed E-state index contributed by atoms with van der Waals surface area (Å²) in [5, 5.41) is 18.5. The lowest BCUT2D eigenvalue weighted by molar-refractivity contribution is -0.119. The van der Waals surface area contributed by atoms with Crippen LogP contribution in [0.15, 0.2) is 33.9 Å². The maximum Gasteiger partial charge on any atom is 0.277 e. The Hall–Kier alpha value is -3.71. The van der Waals surface area contributed by atoms with E-state index in [1.165, 1.54) is 11.3 Å². The van der Waals surface area contributed by atoms with E-state index >= 15 is 0 Å². The van der Waals surface area contributed by atoms with Crippen molar-refractivity contribution < 1.29 is 4.79 Å². The molecule has 160 valence electrons. The van der Waals surface area contributed by atoms with Crippen molar-refractivity contribution in [3.63, 3.8) is 0 Å². The zero-order chi connectivity index (χ0) is 22.2. The third-order valence-electron chi connectivity index (χ3n) is 5.77. The second kappa shape index (κ2) is 8.09. The molecule has 0 saturated heterocycles. The number of aromatic amines is 1. The molecule has 0 amide bonds. The van der Waals surface area contributed by atoms with Crippen LogP contribution in [-0.4, -0.2) is 30.7 Å². The molecule has 1 aliphatic carbocycles. The third kappa shape index (κ3) is 3.40. The molecule has 9 nitrogen and oxygen atoms in total. The number of thiophene rings is 1. The predicted molar refractivity (Wildman–Crippen MR) is 119 cm³/mol. The Morgan fingerprint density at radius 1 is 1.25 bits per heavy atom. The fourth-order valence-corrected chi connectivity index (χ4v) is 5.40. The maximum atomic E-state index is 12.8. The highest BCUT2D eigenvalue weighted by Crippen LogP contribution is 2.34. The zero-order valence-electron chi connectivity index (χ0n) is 17.0. The van der Waals surface area contributed by atoms with Gasteiger partial charge in [-0.3, -0.25) is 14.4 Å². The molecule has 4 aromatic rings. The number of hydrogen-bond donors (Lipinski definition) is 1. The number of benzene rings is 1. The van der Waals surface area contributed by atoms with Gasteiger partial charge in [-0.05, 0) is 43.4 Å². The first-order valence-electron chi connectivity index (χ1n) is 10.4. The zero-order valence-corrected chi connectivity index (χ0v) is 17.8. The Morgan fingerprint density at radius 2 is 2.06 bits per heavy atom. The van der Waals surface area contributed by atoms with Crippen LogP contribution in [0.1, 0.15) is 41.4 Å². The number of rotatable bonds is 5. The molecule has 10 heteroatoms. The number of aromatic nitrogens is 5. The number of carbonyl (C=O) groups is 1. The Kier molecular flexibility index (Phi) is 5.11. The van der Waals surface area contributed by atoms with Gasteiger partial charge < -0.3 is 4.98 Å². The van der Waals surface area contributed by atoms with Crippen molar-refractivity contribution in [1.82, 2.24) is 25.0 Å². The molecule has 0 bridgehead atoms. The van der Waals surface area contributed by atoms with Crippen LogP contribution in [0.4, 0.5) is 0 Å². The van der Waals surface area contributed by atoms with Crippen LogP contribution in [0.5, 0.6) is 0 Å². The molecule has 1 unspecified atom stereocenters. The van der Waals surface area contributed by atoms with Gasteiger partial charge in [0.1, 0.15) is 16.2 Å². The van der Waals surface area contributed by atoms with Crippen molar-refractivity contribution in [2.45, 2.75) is 44.6 Å². The van der Waals surface area contributed by atoms with Crippen molar-refractivity contribution in [3.8, 4) is 6.07 Å². The highest BCUT2D eigenvalue weighted by Gasteiger charge is 2.26. The van der Waals surface area contributed by atoms with E-state index in [1.807, 2.05) is 6.07 Å². The van der Waals surface area contributed by atoms with E-state index in [4.69, 9.17) is 0 Å². The predicted octanol–water partition coefficient (Wildman–Crippen LogP) is 2.23. The van der Waals surface area contributed by atoms with E-state index < -0.39 is 11.7 Å². The van der Waals surface area contributed by atoms with Crippen LogP contribution in [0.3, 0.4) is 0 Å². The van der Waals surface area contributed by atoms with Gasteiger partial charge in [-0.25, -0.2) is 9.67 Å². The summed E-state index contributed by atoms with van der Waals surface area (Å²) in [6.45, 7) is -0.0204. The van der Waals surface area contributed by atoms with Crippen molar-refractivity contribution in [1.29, 1.82) is 5.26 Å². The molecule has 32 heavy (non-hydrogen) atoms. The van der Waals surface area contributed by atoms with Crippen molar-refractivity contribution in [3.05, 3.63) is 61.2 Å². The maximum absolute atomic E-state index is 12.8. The number of fused-ring (bicyclic) bond motifs is 4. The summed E-state index contributed by atoms with van der Waals surface area (Å²) in [4.78, 5) is 47.0. The average Bonchev–Trinajstić information content (AvgIpc) is 3.18. The summed E-state index contributed by atoms with van der Waals surface area (Å²) >= 11 is 1.47. The molecular weight excluding hydrogens is 428 g/mol. The largest absolute Gasteiger partial charge is 0.308 e. The molecule has 0 spiro atoms. The minimum atomic E-state index is -1.23. The average molecular weight is 446 g/mol. The van der Waals surface area contributed by atoms with Gasteiger partial charge in [0, 0.05) is 11.3 Å². The SMILES string of the molecule is N#CC(C(=O)CCn1nnc2ccccc2c1=O)c1nc2sc3c(c2c(=O)[nH]1)CCCC3. The van der Waals surface area contributed by atoms with E-state index in [1.54, 1.807) is 24.3 Å². The standard InChI is InChI=1S/C22H18N6O3S/c23-11-14(16(29)9-10-28-22(31)12-5-1-3-7-15(12)26-27-28)19-24-20(30)18-13-6-2-4-8-17(13)32-21(18)25-19/h1,3,5,7,14H,2,4,6,8-10H2,(H,24,25,30). The number of ketones is 1. The smallest absolute Gasteiger partial charge is 0.277 e. The monoisotopic (exact) mass is 446 g/mol. The molecule has 0 radical (unpaired) electrons. The van der Waals surface area contributed by atoms with Crippen LogP contribution in [0.25, 0.3) is 21.1 Å². The van der Waals surface area contributed by atoms with Gasteiger partial charge in [0.25, 0.3) is 11.1 Å². The van der Waals surface area contributed by atoms with Crippen LogP contribution < -0.4 is 11.1 Å². The number of hydrogen-bond acceptors (Lipinski definition) is 8. The summed E-state index contributed by atoms with van der Waals surface area (Å²) in [5.74, 6) is -1.63.